The van der Waals surface area contributed by atoms with E-state index in [9.17, 15) is 4.79 Å². The first-order valence-electron chi connectivity index (χ1n) is 9.72. The van der Waals surface area contributed by atoms with Crippen molar-refractivity contribution in [3.05, 3.63) is 71.7 Å². The molecule has 1 amide bonds. The molecule has 1 heterocycles. The van der Waals surface area contributed by atoms with Crippen molar-refractivity contribution in [2.24, 2.45) is 0 Å². The molecule has 3 aromatic rings. The maximum absolute atomic E-state index is 12.6. The average Bonchev–Trinajstić information content (AvgIpc) is 2.71. The molecule has 0 saturated carbocycles. The summed E-state index contributed by atoms with van der Waals surface area (Å²) in [4.78, 5) is 21.2. The van der Waals surface area contributed by atoms with E-state index in [-0.39, 0.29) is 17.7 Å². The number of nitrogens with zero attached hydrogens (tertiary/aromatic N) is 2. The lowest BCUT2D eigenvalue weighted by molar-refractivity contribution is 0.102. The van der Waals surface area contributed by atoms with Crippen molar-refractivity contribution in [3.8, 4) is 5.75 Å². The SMILES string of the molecule is CCc1cccc(C)c1NC(=O)c1cnc(Nc2ccccc2OC(C)C)cn1. The highest BCUT2D eigenvalue weighted by Crippen LogP contribution is 2.27. The molecule has 2 N–H and O–H groups in total. The fourth-order valence-corrected chi connectivity index (χ4v) is 2.95. The summed E-state index contributed by atoms with van der Waals surface area (Å²) in [5, 5.41) is 6.15. The number of hydrogen-bond donors (Lipinski definition) is 2. The van der Waals surface area contributed by atoms with Crippen LogP contribution in [0.3, 0.4) is 0 Å². The summed E-state index contributed by atoms with van der Waals surface area (Å²) in [6.07, 6.45) is 3.90. The molecule has 0 bridgehead atoms. The molecule has 0 spiro atoms. The van der Waals surface area contributed by atoms with E-state index in [2.05, 4.69) is 27.5 Å². The Bertz CT molecular complexity index is 984. The van der Waals surface area contributed by atoms with Crippen molar-refractivity contribution in [2.45, 2.75) is 40.2 Å². The monoisotopic (exact) mass is 390 g/mol. The molecule has 0 unspecified atom stereocenters. The lowest BCUT2D eigenvalue weighted by Crippen LogP contribution is -2.16. The number of para-hydroxylation sites is 3. The highest BCUT2D eigenvalue weighted by Gasteiger charge is 2.13. The number of carbonyl (C=O) groups excluding carboxylic acids is 1. The van der Waals surface area contributed by atoms with E-state index in [0.717, 1.165) is 34.7 Å². The minimum Gasteiger partial charge on any atom is -0.489 e. The van der Waals surface area contributed by atoms with Gasteiger partial charge in [-0.3, -0.25) is 4.79 Å². The molecule has 29 heavy (non-hydrogen) atoms. The Labute approximate surface area is 171 Å². The Morgan fingerprint density at radius 2 is 1.86 bits per heavy atom. The van der Waals surface area contributed by atoms with Crippen molar-refractivity contribution >= 4 is 23.1 Å². The Kier molecular flexibility index (Phi) is 6.44. The summed E-state index contributed by atoms with van der Waals surface area (Å²) in [6.45, 7) is 7.99. The zero-order valence-electron chi connectivity index (χ0n) is 17.2. The third kappa shape index (κ3) is 5.10. The van der Waals surface area contributed by atoms with Crippen molar-refractivity contribution in [2.75, 3.05) is 10.6 Å². The van der Waals surface area contributed by atoms with E-state index >= 15 is 0 Å². The van der Waals surface area contributed by atoms with Crippen molar-refractivity contribution in [1.82, 2.24) is 9.97 Å². The number of aromatic nitrogens is 2. The summed E-state index contributed by atoms with van der Waals surface area (Å²) in [6, 6.07) is 13.6. The molecule has 3 rings (SSSR count). The van der Waals surface area contributed by atoms with Crippen LogP contribution in [0.25, 0.3) is 0 Å². The first-order valence-corrected chi connectivity index (χ1v) is 9.72. The Morgan fingerprint density at radius 1 is 1.07 bits per heavy atom. The van der Waals surface area contributed by atoms with E-state index in [1.165, 1.54) is 6.20 Å². The Balaban J connectivity index is 1.74. The van der Waals surface area contributed by atoms with Gasteiger partial charge in [0.05, 0.1) is 24.2 Å². The van der Waals surface area contributed by atoms with Crippen LogP contribution in [0.1, 0.15) is 42.4 Å². The highest BCUT2D eigenvalue weighted by atomic mass is 16.5. The zero-order valence-corrected chi connectivity index (χ0v) is 17.2. The van der Waals surface area contributed by atoms with E-state index in [4.69, 9.17) is 4.74 Å². The molecular formula is C23H26N4O2. The number of hydrogen-bond acceptors (Lipinski definition) is 5. The van der Waals surface area contributed by atoms with Crippen LogP contribution in [0.4, 0.5) is 17.2 Å². The largest absolute Gasteiger partial charge is 0.489 e. The molecule has 6 nitrogen and oxygen atoms in total. The normalized spacial score (nSPS) is 10.7. The number of rotatable bonds is 7. The van der Waals surface area contributed by atoms with Gasteiger partial charge in [0, 0.05) is 5.69 Å². The molecule has 6 heteroatoms. The molecule has 0 aliphatic rings. The fourth-order valence-electron chi connectivity index (χ4n) is 2.95. The molecule has 0 atom stereocenters. The lowest BCUT2D eigenvalue weighted by atomic mass is 10.1. The number of aryl methyl sites for hydroxylation is 2. The van der Waals surface area contributed by atoms with Crippen molar-refractivity contribution in [1.29, 1.82) is 0 Å². The van der Waals surface area contributed by atoms with E-state index in [0.29, 0.717) is 5.82 Å². The molecule has 1 aromatic heterocycles. The number of anilines is 3. The predicted molar refractivity (Wildman–Crippen MR) is 116 cm³/mol. The molecule has 150 valence electrons. The summed E-state index contributed by atoms with van der Waals surface area (Å²) >= 11 is 0. The van der Waals surface area contributed by atoms with E-state index in [1.54, 1.807) is 6.20 Å². The van der Waals surface area contributed by atoms with Crippen LogP contribution in [-0.4, -0.2) is 22.0 Å². The van der Waals surface area contributed by atoms with E-state index in [1.807, 2.05) is 63.2 Å². The van der Waals surface area contributed by atoms with Gasteiger partial charge in [0.25, 0.3) is 5.91 Å². The fraction of sp³-hybridized carbons (Fsp3) is 0.261. The third-order valence-corrected chi connectivity index (χ3v) is 4.38. The molecular weight excluding hydrogens is 364 g/mol. The third-order valence-electron chi connectivity index (χ3n) is 4.38. The topological polar surface area (TPSA) is 76.1 Å². The Morgan fingerprint density at radius 3 is 2.55 bits per heavy atom. The zero-order chi connectivity index (χ0) is 20.8. The second-order valence-corrected chi connectivity index (χ2v) is 6.99. The van der Waals surface area contributed by atoms with Crippen LogP contribution in [0, 0.1) is 6.92 Å². The van der Waals surface area contributed by atoms with Crippen LogP contribution < -0.4 is 15.4 Å². The maximum Gasteiger partial charge on any atom is 0.275 e. The maximum atomic E-state index is 12.6. The first-order chi connectivity index (χ1) is 14.0. The summed E-state index contributed by atoms with van der Waals surface area (Å²) in [7, 11) is 0. The molecule has 0 aliphatic carbocycles. The number of carbonyl (C=O) groups is 1. The second-order valence-electron chi connectivity index (χ2n) is 6.99. The van der Waals surface area contributed by atoms with Gasteiger partial charge in [0.1, 0.15) is 17.3 Å². The van der Waals surface area contributed by atoms with Gasteiger partial charge in [-0.25, -0.2) is 9.97 Å². The summed E-state index contributed by atoms with van der Waals surface area (Å²) in [5.74, 6) is 0.987. The van der Waals surface area contributed by atoms with Gasteiger partial charge in [-0.2, -0.15) is 0 Å². The second kappa shape index (κ2) is 9.19. The molecule has 0 fully saturated rings. The van der Waals surface area contributed by atoms with Gasteiger partial charge >= 0.3 is 0 Å². The Hall–Kier alpha value is -3.41. The minimum atomic E-state index is -0.281. The van der Waals surface area contributed by atoms with Gasteiger partial charge in [-0.05, 0) is 50.5 Å². The van der Waals surface area contributed by atoms with Gasteiger partial charge < -0.3 is 15.4 Å². The van der Waals surface area contributed by atoms with Gasteiger partial charge in [0.2, 0.25) is 0 Å². The number of benzene rings is 2. The van der Waals surface area contributed by atoms with Crippen LogP contribution in [0.15, 0.2) is 54.9 Å². The average molecular weight is 390 g/mol. The molecule has 2 aromatic carbocycles. The van der Waals surface area contributed by atoms with Crippen LogP contribution in [0.2, 0.25) is 0 Å². The first kappa shape index (κ1) is 20.3. The van der Waals surface area contributed by atoms with Gasteiger partial charge in [-0.15, -0.1) is 0 Å². The molecule has 0 radical (unpaired) electrons. The van der Waals surface area contributed by atoms with Crippen LogP contribution in [-0.2, 0) is 6.42 Å². The van der Waals surface area contributed by atoms with Crippen molar-refractivity contribution < 1.29 is 9.53 Å². The van der Waals surface area contributed by atoms with Gasteiger partial charge in [-0.1, -0.05) is 37.3 Å². The van der Waals surface area contributed by atoms with E-state index < -0.39 is 0 Å². The smallest absolute Gasteiger partial charge is 0.275 e. The number of nitrogens with one attached hydrogen (secondary N) is 2. The highest BCUT2D eigenvalue weighted by molar-refractivity contribution is 6.03. The minimum absolute atomic E-state index is 0.0598. The number of amides is 1. The van der Waals surface area contributed by atoms with Crippen LogP contribution >= 0.6 is 0 Å². The lowest BCUT2D eigenvalue weighted by Gasteiger charge is -2.15. The van der Waals surface area contributed by atoms with Crippen LogP contribution in [0.5, 0.6) is 5.75 Å². The molecule has 0 aliphatic heterocycles. The quantitative estimate of drug-likeness (QED) is 0.585. The standard InChI is InChI=1S/C23H26N4O2/c1-5-17-10-8-9-16(4)22(17)27-23(28)19-13-25-21(14-24-19)26-18-11-6-7-12-20(18)29-15(2)3/h6-15H,5H2,1-4H3,(H,25,26)(H,27,28). The number of ether oxygens (including phenoxy) is 1. The van der Waals surface area contributed by atoms with Crippen molar-refractivity contribution in [3.63, 3.8) is 0 Å². The predicted octanol–water partition coefficient (Wildman–Crippen LogP) is 5.13. The molecule has 0 saturated heterocycles. The van der Waals surface area contributed by atoms with Gasteiger partial charge in [0.15, 0.2) is 0 Å². The summed E-state index contributed by atoms with van der Waals surface area (Å²) < 4.78 is 5.80. The summed E-state index contributed by atoms with van der Waals surface area (Å²) in [5.41, 5.74) is 3.99.